The van der Waals surface area contributed by atoms with E-state index in [1.807, 2.05) is 19.0 Å². The molecule has 124 valence electrons. The normalized spacial score (nSPS) is 11.7. The van der Waals surface area contributed by atoms with Crippen molar-refractivity contribution in [2.45, 2.75) is 6.92 Å². The summed E-state index contributed by atoms with van der Waals surface area (Å²) in [5.74, 6) is 0.0481. The van der Waals surface area contributed by atoms with Crippen molar-refractivity contribution in [1.82, 2.24) is 4.90 Å². The van der Waals surface area contributed by atoms with Gasteiger partial charge in [0.25, 0.3) is 0 Å². The molecule has 0 saturated carbocycles. The molecule has 0 aliphatic carbocycles. The standard InChI is InChI=1S/C16H25NO4S/c1-7-10-22-11-13(15(20-6)14(18)12(2)3)16(19)21-9-8-17(4)5/h7H,1-2,8-11H2,3-6H3/b15-13+. The van der Waals surface area contributed by atoms with Crippen LogP contribution < -0.4 is 0 Å². The van der Waals surface area contributed by atoms with Crippen LogP contribution in [0, 0.1) is 0 Å². The van der Waals surface area contributed by atoms with Crippen LogP contribution in [0.15, 0.2) is 36.1 Å². The Morgan fingerprint density at radius 2 is 1.95 bits per heavy atom. The van der Waals surface area contributed by atoms with Crippen LogP contribution in [0.2, 0.25) is 0 Å². The lowest BCUT2D eigenvalue weighted by atomic mass is 10.1. The van der Waals surface area contributed by atoms with Crippen molar-refractivity contribution in [3.05, 3.63) is 36.1 Å². The Morgan fingerprint density at radius 1 is 1.32 bits per heavy atom. The van der Waals surface area contributed by atoms with E-state index >= 15 is 0 Å². The van der Waals surface area contributed by atoms with Gasteiger partial charge in [0.2, 0.25) is 5.78 Å². The highest BCUT2D eigenvalue weighted by Gasteiger charge is 2.23. The molecule has 0 atom stereocenters. The molecule has 6 heteroatoms. The topological polar surface area (TPSA) is 55.8 Å². The van der Waals surface area contributed by atoms with E-state index in [0.29, 0.717) is 23.6 Å². The maximum absolute atomic E-state index is 12.2. The van der Waals surface area contributed by atoms with Crippen LogP contribution in [0.4, 0.5) is 0 Å². The number of thioether (sulfide) groups is 1. The number of hydrogen-bond acceptors (Lipinski definition) is 6. The van der Waals surface area contributed by atoms with E-state index in [-0.39, 0.29) is 23.7 Å². The van der Waals surface area contributed by atoms with Crippen molar-refractivity contribution in [3.63, 3.8) is 0 Å². The third-order valence-electron chi connectivity index (χ3n) is 2.57. The predicted octanol–water partition coefficient (Wildman–Crippen LogP) is 2.06. The smallest absolute Gasteiger partial charge is 0.338 e. The van der Waals surface area contributed by atoms with Gasteiger partial charge in [-0.05, 0) is 26.6 Å². The fourth-order valence-electron chi connectivity index (χ4n) is 1.42. The maximum atomic E-state index is 12.2. The average Bonchev–Trinajstić information content (AvgIpc) is 2.45. The van der Waals surface area contributed by atoms with Crippen molar-refractivity contribution in [2.24, 2.45) is 0 Å². The molecule has 0 fully saturated rings. The quantitative estimate of drug-likeness (QED) is 0.190. The Labute approximate surface area is 137 Å². The van der Waals surface area contributed by atoms with Crippen LogP contribution in [-0.2, 0) is 19.1 Å². The number of likely N-dealkylation sites (N-methyl/N-ethyl adjacent to an activating group) is 1. The number of ether oxygens (including phenoxy) is 2. The molecule has 0 amide bonds. The van der Waals surface area contributed by atoms with Crippen LogP contribution in [0.5, 0.6) is 0 Å². The summed E-state index contributed by atoms with van der Waals surface area (Å²) < 4.78 is 10.4. The zero-order valence-electron chi connectivity index (χ0n) is 13.8. The van der Waals surface area contributed by atoms with Gasteiger partial charge in [-0.25, -0.2) is 4.79 Å². The van der Waals surface area contributed by atoms with Gasteiger partial charge in [0, 0.05) is 18.1 Å². The molecule has 0 rings (SSSR count). The van der Waals surface area contributed by atoms with Gasteiger partial charge in [0.15, 0.2) is 5.76 Å². The average molecular weight is 327 g/mol. The number of methoxy groups -OCH3 is 1. The first-order valence-electron chi connectivity index (χ1n) is 6.83. The summed E-state index contributed by atoms with van der Waals surface area (Å²) >= 11 is 1.45. The summed E-state index contributed by atoms with van der Waals surface area (Å²) in [5.41, 5.74) is 0.533. The fourth-order valence-corrected chi connectivity index (χ4v) is 2.15. The monoisotopic (exact) mass is 327 g/mol. The zero-order chi connectivity index (χ0) is 17.1. The third kappa shape index (κ3) is 7.47. The molecule has 0 N–H and O–H groups in total. The lowest BCUT2D eigenvalue weighted by Gasteiger charge is -2.14. The van der Waals surface area contributed by atoms with Crippen molar-refractivity contribution >= 4 is 23.5 Å². The lowest BCUT2D eigenvalue weighted by Crippen LogP contribution is -2.23. The first-order valence-corrected chi connectivity index (χ1v) is 7.98. The predicted molar refractivity (Wildman–Crippen MR) is 90.9 cm³/mol. The molecule has 22 heavy (non-hydrogen) atoms. The number of rotatable bonds is 11. The molecule has 0 aromatic rings. The number of hydrogen-bond donors (Lipinski definition) is 0. The van der Waals surface area contributed by atoms with Gasteiger partial charge in [0.05, 0.1) is 12.7 Å². The molecule has 0 aromatic carbocycles. The molecule has 0 aromatic heterocycles. The number of carbonyl (C=O) groups is 2. The highest BCUT2D eigenvalue weighted by atomic mass is 32.2. The SMILES string of the molecule is C=CCSC/C(C(=O)OCCN(C)C)=C(\OC)C(=O)C(=C)C. The van der Waals surface area contributed by atoms with Crippen LogP contribution in [0.25, 0.3) is 0 Å². The van der Waals surface area contributed by atoms with Gasteiger partial charge in [0.1, 0.15) is 6.61 Å². The van der Waals surface area contributed by atoms with Crippen LogP contribution in [0.3, 0.4) is 0 Å². The molecule has 0 heterocycles. The largest absolute Gasteiger partial charge is 0.492 e. The Hall–Kier alpha value is -1.53. The van der Waals surface area contributed by atoms with E-state index in [4.69, 9.17) is 9.47 Å². The minimum Gasteiger partial charge on any atom is -0.492 e. The van der Waals surface area contributed by atoms with E-state index in [1.54, 1.807) is 13.0 Å². The number of nitrogens with zero attached hydrogens (tertiary/aromatic N) is 1. The number of ketones is 1. The Morgan fingerprint density at radius 3 is 2.41 bits per heavy atom. The summed E-state index contributed by atoms with van der Waals surface area (Å²) in [7, 11) is 5.13. The minimum atomic E-state index is -0.537. The fraction of sp³-hybridized carbons (Fsp3) is 0.500. The first-order chi connectivity index (χ1) is 10.3. The summed E-state index contributed by atoms with van der Waals surface area (Å²) in [5, 5.41) is 0. The Bertz CT molecular complexity index is 455. The Balaban J connectivity index is 5.21. The molecule has 5 nitrogen and oxygen atoms in total. The van der Waals surface area contributed by atoms with Crippen molar-refractivity contribution < 1.29 is 19.1 Å². The van der Waals surface area contributed by atoms with E-state index in [2.05, 4.69) is 13.2 Å². The summed E-state index contributed by atoms with van der Waals surface area (Å²) in [6, 6.07) is 0. The minimum absolute atomic E-state index is 0.00100. The number of carbonyl (C=O) groups excluding carboxylic acids is 2. The highest BCUT2D eigenvalue weighted by Crippen LogP contribution is 2.18. The molecule has 0 radical (unpaired) electrons. The van der Waals surface area contributed by atoms with E-state index in [0.717, 1.165) is 0 Å². The zero-order valence-corrected chi connectivity index (χ0v) is 14.6. The van der Waals surface area contributed by atoms with E-state index < -0.39 is 5.97 Å². The van der Waals surface area contributed by atoms with Gasteiger partial charge < -0.3 is 14.4 Å². The number of esters is 1. The highest BCUT2D eigenvalue weighted by molar-refractivity contribution is 7.99. The van der Waals surface area contributed by atoms with Crippen molar-refractivity contribution in [2.75, 3.05) is 45.9 Å². The van der Waals surface area contributed by atoms with E-state index in [1.165, 1.54) is 18.9 Å². The lowest BCUT2D eigenvalue weighted by molar-refractivity contribution is -0.139. The van der Waals surface area contributed by atoms with Crippen molar-refractivity contribution in [3.8, 4) is 0 Å². The maximum Gasteiger partial charge on any atom is 0.338 e. The number of Topliss-reactive ketones (excluding diaryl/α,β-unsaturated/α-hetero) is 1. The van der Waals surface area contributed by atoms with Crippen LogP contribution in [0.1, 0.15) is 6.92 Å². The molecular formula is C16H25NO4S. The molecular weight excluding hydrogens is 302 g/mol. The second kappa shape index (κ2) is 11.1. The molecule has 0 spiro atoms. The van der Waals surface area contributed by atoms with Gasteiger partial charge in [-0.1, -0.05) is 12.7 Å². The van der Waals surface area contributed by atoms with Gasteiger partial charge >= 0.3 is 5.97 Å². The molecule has 0 aliphatic rings. The third-order valence-corrected chi connectivity index (χ3v) is 3.54. The van der Waals surface area contributed by atoms with E-state index in [9.17, 15) is 9.59 Å². The summed E-state index contributed by atoms with van der Waals surface area (Å²) in [6.45, 7) is 9.66. The van der Waals surface area contributed by atoms with Gasteiger partial charge in [-0.3, -0.25) is 4.79 Å². The second-order valence-electron chi connectivity index (χ2n) is 4.86. The Kier molecular flexibility index (Phi) is 10.3. The molecule has 0 bridgehead atoms. The first kappa shape index (κ1) is 20.5. The van der Waals surface area contributed by atoms with Crippen LogP contribution in [-0.4, -0.2) is 62.5 Å². The van der Waals surface area contributed by atoms with Gasteiger partial charge in [-0.15, -0.1) is 6.58 Å². The molecule has 0 saturated heterocycles. The summed E-state index contributed by atoms with van der Waals surface area (Å²) in [6.07, 6.45) is 1.73. The number of allylic oxidation sites excluding steroid dienone is 1. The molecule has 0 unspecified atom stereocenters. The van der Waals surface area contributed by atoms with Gasteiger partial charge in [-0.2, -0.15) is 11.8 Å². The second-order valence-corrected chi connectivity index (χ2v) is 5.89. The summed E-state index contributed by atoms with van der Waals surface area (Å²) in [4.78, 5) is 26.3. The molecule has 0 aliphatic heterocycles. The van der Waals surface area contributed by atoms with Crippen LogP contribution >= 0.6 is 11.8 Å². The van der Waals surface area contributed by atoms with Crippen molar-refractivity contribution in [1.29, 1.82) is 0 Å².